The Labute approximate surface area is 212 Å². The molecule has 5 rings (SSSR count). The Hall–Kier alpha value is -2.00. The molecule has 3 unspecified atom stereocenters. The molecule has 3 N–H and O–H groups in total. The van der Waals surface area contributed by atoms with E-state index < -0.39 is 40.6 Å². The lowest BCUT2D eigenvalue weighted by molar-refractivity contribution is -0.139. The summed E-state index contributed by atoms with van der Waals surface area (Å²) in [6.07, 6.45) is 5.45. The van der Waals surface area contributed by atoms with Gasteiger partial charge in [-0.2, -0.15) is 0 Å². The fourth-order valence-corrected chi connectivity index (χ4v) is 6.52. The van der Waals surface area contributed by atoms with Gasteiger partial charge in [0.25, 0.3) is 0 Å². The highest BCUT2D eigenvalue weighted by Crippen LogP contribution is 2.63. The number of nitrogens with one attached hydrogen (secondary N) is 2. The van der Waals surface area contributed by atoms with E-state index in [2.05, 4.69) is 34.4 Å². The Morgan fingerprint density at radius 2 is 1.88 bits per heavy atom. The molecule has 2 aromatic heterocycles. The van der Waals surface area contributed by atoms with Gasteiger partial charge in [-0.3, -0.25) is 14.9 Å². The lowest BCUT2D eigenvalue weighted by atomic mass is 9.53. The molecule has 0 aromatic carbocycles. The minimum Gasteiger partial charge on any atom is -0.480 e. The van der Waals surface area contributed by atoms with E-state index in [-0.39, 0.29) is 33.7 Å². The molecule has 1 aliphatic carbocycles. The summed E-state index contributed by atoms with van der Waals surface area (Å²) < 4.78 is 15.4. The summed E-state index contributed by atoms with van der Waals surface area (Å²) in [6, 6.07) is 1.73. The zero-order chi connectivity index (χ0) is 23.8. The number of carbonyl (C=O) groups excluding carboxylic acids is 1. The first-order valence-electron chi connectivity index (χ1n) is 10.8. The van der Waals surface area contributed by atoms with E-state index in [1.807, 2.05) is 0 Å². The lowest BCUT2D eigenvalue weighted by Gasteiger charge is -2.50. The van der Waals surface area contributed by atoms with Crippen LogP contribution in [0.3, 0.4) is 0 Å². The number of carbonyl (C=O) groups is 2. The van der Waals surface area contributed by atoms with Gasteiger partial charge >= 0.3 is 5.97 Å². The molecule has 11 heteroatoms. The number of nitrogens with zero attached hydrogens (tertiary/aromatic N) is 2. The van der Waals surface area contributed by atoms with E-state index in [9.17, 15) is 14.7 Å². The van der Waals surface area contributed by atoms with E-state index in [1.54, 1.807) is 6.07 Å². The van der Waals surface area contributed by atoms with E-state index in [0.29, 0.717) is 24.1 Å². The molecule has 2 spiro atoms. The predicted molar refractivity (Wildman–Crippen MR) is 128 cm³/mol. The molecule has 182 valence electrons. The fraction of sp³-hybridized carbons (Fsp3) is 0.478. The maximum atomic E-state index is 15.4. The van der Waals surface area contributed by atoms with Gasteiger partial charge in [-0.15, -0.1) is 12.4 Å². The second-order valence-corrected chi connectivity index (χ2v) is 10.7. The molecule has 0 bridgehead atoms. The maximum absolute atomic E-state index is 15.4. The quantitative estimate of drug-likeness (QED) is 0.487. The molecule has 1 amide bonds. The Morgan fingerprint density at radius 3 is 2.53 bits per heavy atom. The Morgan fingerprint density at radius 1 is 1.21 bits per heavy atom. The van der Waals surface area contributed by atoms with Crippen molar-refractivity contribution in [1.82, 2.24) is 15.3 Å². The largest absolute Gasteiger partial charge is 0.480 e. The average Bonchev–Trinajstić information content (AvgIpc) is 3.20. The highest BCUT2D eigenvalue weighted by atomic mass is 35.5. The van der Waals surface area contributed by atoms with E-state index in [0.717, 1.165) is 12.8 Å². The molecule has 3 atom stereocenters. The van der Waals surface area contributed by atoms with E-state index in [4.69, 9.17) is 23.2 Å². The minimum absolute atomic E-state index is 0. The van der Waals surface area contributed by atoms with Crippen LogP contribution in [0.1, 0.15) is 56.6 Å². The Balaban J connectivity index is 0.00000274. The number of rotatable bonds is 2. The molecule has 4 heterocycles. The number of halogens is 4. The van der Waals surface area contributed by atoms with Crippen molar-refractivity contribution in [2.45, 2.75) is 62.4 Å². The summed E-state index contributed by atoms with van der Waals surface area (Å²) in [6.45, 7) is 4.31. The first-order chi connectivity index (χ1) is 15.5. The summed E-state index contributed by atoms with van der Waals surface area (Å²) in [5.74, 6) is -3.47. The van der Waals surface area contributed by atoms with Crippen molar-refractivity contribution in [2.24, 2.45) is 5.41 Å². The lowest BCUT2D eigenvalue weighted by Crippen LogP contribution is -2.61. The molecular weight excluding hydrogens is 506 g/mol. The van der Waals surface area contributed by atoms with Crippen LogP contribution in [0.5, 0.6) is 0 Å². The van der Waals surface area contributed by atoms with Gasteiger partial charge < -0.3 is 10.4 Å². The maximum Gasteiger partial charge on any atom is 0.321 e. The second-order valence-electron chi connectivity index (χ2n) is 10.0. The van der Waals surface area contributed by atoms with Gasteiger partial charge in [-0.25, -0.2) is 14.4 Å². The zero-order valence-electron chi connectivity index (χ0n) is 18.5. The van der Waals surface area contributed by atoms with Crippen molar-refractivity contribution in [2.75, 3.05) is 5.32 Å². The highest BCUT2D eigenvalue weighted by Gasteiger charge is 2.73. The number of fused-ring (bicyclic) bond motifs is 3. The molecular formula is C23H24Cl3FN4O3. The summed E-state index contributed by atoms with van der Waals surface area (Å²) in [5.41, 5.74) is -1.30. The Kier molecular flexibility index (Phi) is 6.12. The van der Waals surface area contributed by atoms with Gasteiger partial charge in [0.2, 0.25) is 5.91 Å². The highest BCUT2D eigenvalue weighted by molar-refractivity contribution is 6.30. The van der Waals surface area contributed by atoms with Crippen LogP contribution in [0.25, 0.3) is 0 Å². The summed E-state index contributed by atoms with van der Waals surface area (Å²) in [7, 11) is 0. The number of carboxylic acids is 1. The molecule has 0 radical (unpaired) electrons. The smallest absolute Gasteiger partial charge is 0.321 e. The van der Waals surface area contributed by atoms with Crippen molar-refractivity contribution < 1.29 is 19.1 Å². The summed E-state index contributed by atoms with van der Waals surface area (Å²) in [5, 5.41) is 16.3. The normalized spacial score (nSPS) is 28.4. The summed E-state index contributed by atoms with van der Waals surface area (Å²) in [4.78, 5) is 34.5. The number of hydrogen-bond acceptors (Lipinski definition) is 5. The third kappa shape index (κ3) is 3.33. The monoisotopic (exact) mass is 528 g/mol. The molecule has 34 heavy (non-hydrogen) atoms. The third-order valence-electron chi connectivity index (χ3n) is 7.82. The molecule has 2 fully saturated rings. The SMILES string of the molecule is CC1(C)CCC2(CC1)NC(C(=O)O)C(c1ccnc(Cl)c1F)C21C(=O)Nc2cc(Cl)ncc21.Cl. The number of hydrogen-bond donors (Lipinski definition) is 3. The van der Waals surface area contributed by atoms with Gasteiger partial charge in [-0.05, 0) is 48.8 Å². The standard InChI is InChI=1S/C23H23Cl2FN4O3.ClH/c1-21(2)4-6-22(7-5-21)23(12-10-28-14(24)9-13(12)29-20(23)33)15(17(30-22)19(31)32)11-3-8-27-18(25)16(11)26;/h3,8-10,15,17,30H,4-7H2,1-2H3,(H,29,33)(H,31,32);1H. The number of aromatic nitrogens is 2. The van der Waals surface area contributed by atoms with Gasteiger partial charge in [-0.1, -0.05) is 37.0 Å². The van der Waals surface area contributed by atoms with Gasteiger partial charge in [0.1, 0.15) is 16.6 Å². The molecule has 2 aromatic rings. The van der Waals surface area contributed by atoms with E-state index in [1.165, 1.54) is 18.5 Å². The van der Waals surface area contributed by atoms with Crippen molar-refractivity contribution >= 4 is 53.2 Å². The molecule has 2 aliphatic heterocycles. The summed E-state index contributed by atoms with van der Waals surface area (Å²) >= 11 is 12.1. The Bertz CT molecular complexity index is 1180. The first kappa shape index (κ1) is 25.1. The van der Waals surface area contributed by atoms with Crippen molar-refractivity contribution in [3.63, 3.8) is 0 Å². The number of anilines is 1. The predicted octanol–water partition coefficient (Wildman–Crippen LogP) is 4.71. The van der Waals surface area contributed by atoms with Gasteiger partial charge in [0, 0.05) is 35.1 Å². The fourth-order valence-electron chi connectivity index (χ4n) is 6.20. The van der Waals surface area contributed by atoms with Gasteiger partial charge in [0.15, 0.2) is 11.0 Å². The van der Waals surface area contributed by atoms with Crippen LogP contribution in [0.15, 0.2) is 24.5 Å². The van der Waals surface area contributed by atoms with Crippen LogP contribution in [0.4, 0.5) is 10.1 Å². The molecule has 1 saturated heterocycles. The van der Waals surface area contributed by atoms with Crippen molar-refractivity contribution in [1.29, 1.82) is 0 Å². The number of carboxylic acid groups (broad SMARTS) is 1. The first-order valence-corrected chi connectivity index (χ1v) is 11.6. The van der Waals surface area contributed by atoms with Crippen molar-refractivity contribution in [3.05, 3.63) is 51.8 Å². The van der Waals surface area contributed by atoms with Crippen LogP contribution < -0.4 is 10.6 Å². The van der Waals surface area contributed by atoms with E-state index >= 15 is 4.39 Å². The molecule has 7 nitrogen and oxygen atoms in total. The van der Waals surface area contributed by atoms with Crippen molar-refractivity contribution in [3.8, 4) is 0 Å². The second kappa shape index (κ2) is 8.29. The zero-order valence-corrected chi connectivity index (χ0v) is 20.8. The average molecular weight is 530 g/mol. The molecule has 1 saturated carbocycles. The minimum atomic E-state index is -1.43. The van der Waals surface area contributed by atoms with Crippen LogP contribution in [0, 0.1) is 11.2 Å². The number of aliphatic carboxylic acids is 1. The topological polar surface area (TPSA) is 104 Å². The van der Waals surface area contributed by atoms with Crippen LogP contribution >= 0.6 is 35.6 Å². The van der Waals surface area contributed by atoms with Gasteiger partial charge in [0.05, 0.1) is 0 Å². The number of amides is 1. The number of pyridine rings is 2. The third-order valence-corrected chi connectivity index (χ3v) is 8.29. The molecule has 3 aliphatic rings. The van der Waals surface area contributed by atoms with Crippen LogP contribution in [0.2, 0.25) is 10.3 Å². The van der Waals surface area contributed by atoms with Crippen LogP contribution in [-0.2, 0) is 15.0 Å². The van der Waals surface area contributed by atoms with Crippen LogP contribution in [-0.4, -0.2) is 38.5 Å².